The molecule has 6 nitrogen and oxygen atoms in total. The molecular formula is C15H19N3O3. The van der Waals surface area contributed by atoms with Crippen LogP contribution in [0.2, 0.25) is 0 Å². The van der Waals surface area contributed by atoms with E-state index in [0.29, 0.717) is 12.5 Å². The molecule has 0 bridgehead atoms. The van der Waals surface area contributed by atoms with E-state index < -0.39 is 11.9 Å². The summed E-state index contributed by atoms with van der Waals surface area (Å²) in [4.78, 5) is 29.6. The summed E-state index contributed by atoms with van der Waals surface area (Å²) >= 11 is 0. The van der Waals surface area contributed by atoms with Gasteiger partial charge in [-0.05, 0) is 43.9 Å². The Balaban J connectivity index is 1.56. The molecule has 1 aromatic rings. The van der Waals surface area contributed by atoms with Gasteiger partial charge in [0, 0.05) is 25.3 Å². The molecule has 1 aromatic heterocycles. The van der Waals surface area contributed by atoms with Gasteiger partial charge in [-0.1, -0.05) is 0 Å². The van der Waals surface area contributed by atoms with Gasteiger partial charge in [0.2, 0.25) is 0 Å². The van der Waals surface area contributed by atoms with Crippen molar-refractivity contribution in [3.8, 4) is 0 Å². The number of carbonyl (C=O) groups is 2. The number of hydrogen-bond donors (Lipinski definition) is 2. The fraction of sp³-hybridized carbons (Fsp3) is 0.533. The number of carboxylic acid groups (broad SMARTS) is 1. The monoisotopic (exact) mass is 289 g/mol. The average molecular weight is 289 g/mol. The van der Waals surface area contributed by atoms with Crippen LogP contribution in [-0.4, -0.2) is 52.5 Å². The minimum atomic E-state index is -1.13. The number of likely N-dealkylation sites (tertiary alicyclic amines) is 1. The number of pyridine rings is 1. The van der Waals surface area contributed by atoms with E-state index in [-0.39, 0.29) is 11.3 Å². The molecule has 6 heteroatoms. The van der Waals surface area contributed by atoms with Crippen LogP contribution in [0.3, 0.4) is 0 Å². The third-order valence-electron chi connectivity index (χ3n) is 4.19. The topological polar surface area (TPSA) is 82.5 Å². The standard InChI is InChI=1S/C15H19N3O3/c19-14(13-12(15(20)21)2-1-6-16-13)17-8-10-5-7-18(9-10)11-3-4-11/h1-2,6,10-11H,3-5,7-9H2,(H,17,19)(H,20,21). The van der Waals surface area contributed by atoms with Gasteiger partial charge in [0.15, 0.2) is 0 Å². The molecule has 1 saturated carbocycles. The molecule has 2 heterocycles. The number of carboxylic acids is 1. The molecule has 1 aliphatic carbocycles. The van der Waals surface area contributed by atoms with E-state index in [0.717, 1.165) is 25.6 Å². The number of aromatic carboxylic acids is 1. The summed E-state index contributed by atoms with van der Waals surface area (Å²) in [6.07, 6.45) is 5.13. The van der Waals surface area contributed by atoms with Crippen LogP contribution < -0.4 is 5.32 Å². The first kappa shape index (κ1) is 14.0. The van der Waals surface area contributed by atoms with Gasteiger partial charge in [-0.25, -0.2) is 4.79 Å². The van der Waals surface area contributed by atoms with Crippen LogP contribution in [-0.2, 0) is 0 Å². The Labute approximate surface area is 123 Å². The van der Waals surface area contributed by atoms with Crippen molar-refractivity contribution in [3.05, 3.63) is 29.6 Å². The normalized spacial score (nSPS) is 22.2. The molecular weight excluding hydrogens is 270 g/mol. The van der Waals surface area contributed by atoms with E-state index in [1.807, 2.05) is 0 Å². The van der Waals surface area contributed by atoms with Crippen LogP contribution in [0.4, 0.5) is 0 Å². The van der Waals surface area contributed by atoms with E-state index in [1.165, 1.54) is 31.2 Å². The lowest BCUT2D eigenvalue weighted by Crippen LogP contribution is -2.32. The van der Waals surface area contributed by atoms with Crippen LogP contribution in [0.1, 0.15) is 40.1 Å². The summed E-state index contributed by atoms with van der Waals surface area (Å²) in [5.74, 6) is -1.08. The first-order valence-corrected chi connectivity index (χ1v) is 7.35. The van der Waals surface area contributed by atoms with Crippen molar-refractivity contribution in [2.75, 3.05) is 19.6 Å². The minimum Gasteiger partial charge on any atom is -0.478 e. The third-order valence-corrected chi connectivity index (χ3v) is 4.19. The molecule has 1 amide bonds. The molecule has 0 aromatic carbocycles. The maximum absolute atomic E-state index is 12.1. The van der Waals surface area contributed by atoms with Gasteiger partial charge >= 0.3 is 5.97 Å². The number of amides is 1. The Morgan fingerprint density at radius 1 is 1.38 bits per heavy atom. The predicted octanol–water partition coefficient (Wildman–Crippen LogP) is 0.994. The number of nitrogens with one attached hydrogen (secondary N) is 1. The van der Waals surface area contributed by atoms with Crippen molar-refractivity contribution < 1.29 is 14.7 Å². The van der Waals surface area contributed by atoms with Crippen molar-refractivity contribution >= 4 is 11.9 Å². The van der Waals surface area contributed by atoms with Crippen molar-refractivity contribution in [1.29, 1.82) is 0 Å². The summed E-state index contributed by atoms with van der Waals surface area (Å²) < 4.78 is 0. The molecule has 1 saturated heterocycles. The third kappa shape index (κ3) is 3.21. The molecule has 1 unspecified atom stereocenters. The summed E-state index contributed by atoms with van der Waals surface area (Å²) in [6, 6.07) is 3.68. The van der Waals surface area contributed by atoms with E-state index in [9.17, 15) is 9.59 Å². The molecule has 21 heavy (non-hydrogen) atoms. The zero-order chi connectivity index (χ0) is 14.8. The number of nitrogens with zero attached hydrogens (tertiary/aromatic N) is 2. The molecule has 2 N–H and O–H groups in total. The van der Waals surface area contributed by atoms with E-state index >= 15 is 0 Å². The smallest absolute Gasteiger partial charge is 0.338 e. The average Bonchev–Trinajstić information content (AvgIpc) is 3.24. The van der Waals surface area contributed by atoms with Gasteiger partial charge < -0.3 is 15.3 Å². The fourth-order valence-corrected chi connectivity index (χ4v) is 2.88. The fourth-order valence-electron chi connectivity index (χ4n) is 2.88. The van der Waals surface area contributed by atoms with Crippen LogP contribution in [0.15, 0.2) is 18.3 Å². The van der Waals surface area contributed by atoms with E-state index in [2.05, 4.69) is 15.2 Å². The summed E-state index contributed by atoms with van der Waals surface area (Å²) in [7, 11) is 0. The molecule has 0 spiro atoms. The first-order chi connectivity index (χ1) is 10.1. The quantitative estimate of drug-likeness (QED) is 0.845. The lowest BCUT2D eigenvalue weighted by molar-refractivity contribution is 0.0690. The Bertz CT molecular complexity index is 557. The van der Waals surface area contributed by atoms with Gasteiger partial charge in [-0.2, -0.15) is 0 Å². The summed E-state index contributed by atoms with van der Waals surface area (Å²) in [6.45, 7) is 2.71. The van der Waals surface area contributed by atoms with Gasteiger partial charge in [0.05, 0.1) is 5.56 Å². The molecule has 2 fully saturated rings. The Morgan fingerprint density at radius 2 is 2.19 bits per heavy atom. The van der Waals surface area contributed by atoms with Gasteiger partial charge in [0.1, 0.15) is 5.69 Å². The van der Waals surface area contributed by atoms with E-state index in [1.54, 1.807) is 0 Å². The van der Waals surface area contributed by atoms with Crippen molar-refractivity contribution in [3.63, 3.8) is 0 Å². The lowest BCUT2D eigenvalue weighted by atomic mass is 10.1. The van der Waals surface area contributed by atoms with Crippen LogP contribution in [0.25, 0.3) is 0 Å². The Hall–Kier alpha value is -1.95. The highest BCUT2D eigenvalue weighted by molar-refractivity contribution is 6.03. The van der Waals surface area contributed by atoms with Crippen molar-refractivity contribution in [2.24, 2.45) is 5.92 Å². The zero-order valence-corrected chi connectivity index (χ0v) is 11.8. The maximum atomic E-state index is 12.1. The van der Waals surface area contributed by atoms with Gasteiger partial charge in [0.25, 0.3) is 5.91 Å². The van der Waals surface area contributed by atoms with Gasteiger partial charge in [-0.3, -0.25) is 9.78 Å². The number of carbonyl (C=O) groups excluding carboxylic acids is 1. The zero-order valence-electron chi connectivity index (χ0n) is 11.8. The minimum absolute atomic E-state index is 0.0120. The number of hydrogen-bond acceptors (Lipinski definition) is 4. The predicted molar refractivity (Wildman–Crippen MR) is 76.2 cm³/mol. The molecule has 0 radical (unpaired) electrons. The summed E-state index contributed by atoms with van der Waals surface area (Å²) in [5.41, 5.74) is -0.0666. The molecule has 1 aliphatic heterocycles. The molecule has 112 valence electrons. The molecule has 3 rings (SSSR count). The second-order valence-corrected chi connectivity index (χ2v) is 5.80. The highest BCUT2D eigenvalue weighted by Crippen LogP contribution is 2.31. The van der Waals surface area contributed by atoms with Crippen molar-refractivity contribution in [1.82, 2.24) is 15.2 Å². The first-order valence-electron chi connectivity index (χ1n) is 7.35. The Morgan fingerprint density at radius 3 is 2.90 bits per heavy atom. The highest BCUT2D eigenvalue weighted by Gasteiger charge is 2.34. The SMILES string of the molecule is O=C(O)c1cccnc1C(=O)NCC1CCN(C2CC2)C1. The lowest BCUT2D eigenvalue weighted by Gasteiger charge is -2.15. The second-order valence-electron chi connectivity index (χ2n) is 5.80. The summed E-state index contributed by atoms with van der Waals surface area (Å²) in [5, 5.41) is 11.9. The number of aromatic nitrogens is 1. The molecule has 1 atom stereocenters. The second kappa shape index (κ2) is 5.81. The maximum Gasteiger partial charge on any atom is 0.338 e. The van der Waals surface area contributed by atoms with Crippen LogP contribution in [0.5, 0.6) is 0 Å². The van der Waals surface area contributed by atoms with Crippen molar-refractivity contribution in [2.45, 2.75) is 25.3 Å². The van der Waals surface area contributed by atoms with Crippen LogP contribution >= 0.6 is 0 Å². The number of rotatable bonds is 5. The highest BCUT2D eigenvalue weighted by atomic mass is 16.4. The largest absolute Gasteiger partial charge is 0.478 e. The Kier molecular flexibility index (Phi) is 3.88. The van der Waals surface area contributed by atoms with E-state index in [4.69, 9.17) is 5.11 Å². The van der Waals surface area contributed by atoms with Gasteiger partial charge in [-0.15, -0.1) is 0 Å². The molecule has 2 aliphatic rings. The van der Waals surface area contributed by atoms with Crippen LogP contribution in [0, 0.1) is 5.92 Å².